The number of nitrogens with one attached hydrogen (secondary N) is 2. The Balaban J connectivity index is 1.95. The summed E-state index contributed by atoms with van der Waals surface area (Å²) in [6, 6.07) is 4.44. The number of carbonyl (C=O) groups excluding carboxylic acids is 1. The normalized spacial score (nSPS) is 12.1. The summed E-state index contributed by atoms with van der Waals surface area (Å²) < 4.78 is 0. The summed E-state index contributed by atoms with van der Waals surface area (Å²) in [4.78, 5) is 29.0. The van der Waals surface area contributed by atoms with Crippen LogP contribution in [0.3, 0.4) is 0 Å². The first-order valence-electron chi connectivity index (χ1n) is 5.43. The highest BCUT2D eigenvalue weighted by Gasteiger charge is 2.13. The molecule has 2 aromatic heterocycles. The van der Waals surface area contributed by atoms with E-state index in [1.807, 2.05) is 0 Å². The van der Waals surface area contributed by atoms with Crippen molar-refractivity contribution in [3.05, 3.63) is 45.3 Å². The van der Waals surface area contributed by atoms with Gasteiger partial charge in [0.05, 0.1) is 0 Å². The van der Waals surface area contributed by atoms with Gasteiger partial charge in [0.15, 0.2) is 5.13 Å². The molecule has 0 aliphatic heterocycles. The number of anilines is 1. The Hall–Kier alpha value is -2.19. The summed E-state index contributed by atoms with van der Waals surface area (Å²) >= 11 is 1.16. The number of aromatic amines is 1. The lowest BCUT2D eigenvalue weighted by Crippen LogP contribution is -2.29. The van der Waals surface area contributed by atoms with Crippen molar-refractivity contribution in [2.24, 2.45) is 0 Å². The fourth-order valence-electron chi connectivity index (χ4n) is 1.44. The number of hydrogen-bond donors (Lipinski definition) is 4. The molecule has 0 fully saturated rings. The summed E-state index contributed by atoms with van der Waals surface area (Å²) in [7, 11) is 0. The number of aliphatic hydroxyl groups excluding tert-OH is 1. The summed E-state index contributed by atoms with van der Waals surface area (Å²) in [5.41, 5.74) is 5.65. The summed E-state index contributed by atoms with van der Waals surface area (Å²) in [6.45, 7) is -0.0315. The standard InChI is InChI=1S/C11H12N4O3S/c12-11-15-7(5-19-11)10(18)13-4-8(16)6-2-1-3-9(17)14-6/h1-3,5,8,16H,4H2,(H2,12,15)(H,13,18)(H,14,17). The van der Waals surface area contributed by atoms with Gasteiger partial charge in [-0.3, -0.25) is 9.59 Å². The van der Waals surface area contributed by atoms with Crippen LogP contribution in [0.15, 0.2) is 28.4 Å². The maximum absolute atomic E-state index is 11.7. The predicted molar refractivity (Wildman–Crippen MR) is 70.9 cm³/mol. The molecule has 0 radical (unpaired) electrons. The van der Waals surface area contributed by atoms with Gasteiger partial charge in [-0.2, -0.15) is 0 Å². The average Bonchev–Trinajstić information content (AvgIpc) is 2.82. The highest BCUT2D eigenvalue weighted by Crippen LogP contribution is 2.11. The third-order valence-corrected chi connectivity index (χ3v) is 3.03. The van der Waals surface area contributed by atoms with Gasteiger partial charge in [0.25, 0.3) is 5.91 Å². The minimum absolute atomic E-state index is 0.0315. The number of nitrogens with zero attached hydrogens (tertiary/aromatic N) is 1. The molecule has 1 atom stereocenters. The summed E-state index contributed by atoms with van der Waals surface area (Å²) in [5, 5.41) is 14.2. The largest absolute Gasteiger partial charge is 0.385 e. The van der Waals surface area contributed by atoms with Crippen molar-refractivity contribution in [2.75, 3.05) is 12.3 Å². The Labute approximate surface area is 112 Å². The second-order valence-corrected chi connectivity index (χ2v) is 4.66. The lowest BCUT2D eigenvalue weighted by atomic mass is 10.2. The zero-order valence-electron chi connectivity index (χ0n) is 9.79. The second-order valence-electron chi connectivity index (χ2n) is 3.77. The Morgan fingerprint density at radius 3 is 3.00 bits per heavy atom. The molecule has 0 aromatic carbocycles. The molecule has 8 heteroatoms. The van der Waals surface area contributed by atoms with E-state index in [0.717, 1.165) is 11.3 Å². The van der Waals surface area contributed by atoms with E-state index >= 15 is 0 Å². The number of thiazole rings is 1. The molecule has 0 aliphatic carbocycles. The first kappa shape index (κ1) is 13.2. The number of carbonyl (C=O) groups is 1. The molecule has 2 heterocycles. The number of nitrogen functional groups attached to an aromatic ring is 1. The Morgan fingerprint density at radius 1 is 1.58 bits per heavy atom. The van der Waals surface area contributed by atoms with Crippen LogP contribution < -0.4 is 16.6 Å². The van der Waals surface area contributed by atoms with Crippen LogP contribution in [0.2, 0.25) is 0 Å². The fraction of sp³-hybridized carbons (Fsp3) is 0.182. The maximum Gasteiger partial charge on any atom is 0.270 e. The summed E-state index contributed by atoms with van der Waals surface area (Å²) in [5.74, 6) is -0.426. The van der Waals surface area contributed by atoms with Crippen LogP contribution in [0.25, 0.3) is 0 Å². The van der Waals surface area contributed by atoms with Gasteiger partial charge >= 0.3 is 0 Å². The van der Waals surface area contributed by atoms with E-state index in [4.69, 9.17) is 5.73 Å². The maximum atomic E-state index is 11.7. The van der Waals surface area contributed by atoms with Crippen molar-refractivity contribution in [2.45, 2.75) is 6.10 Å². The monoisotopic (exact) mass is 280 g/mol. The number of amides is 1. The van der Waals surface area contributed by atoms with E-state index in [0.29, 0.717) is 10.8 Å². The molecule has 0 aliphatic rings. The van der Waals surface area contributed by atoms with Crippen molar-refractivity contribution in [1.29, 1.82) is 0 Å². The van der Waals surface area contributed by atoms with E-state index < -0.39 is 12.0 Å². The molecule has 7 nitrogen and oxygen atoms in total. The molecule has 5 N–H and O–H groups in total. The molecule has 19 heavy (non-hydrogen) atoms. The zero-order valence-corrected chi connectivity index (χ0v) is 10.6. The molecule has 2 aromatic rings. The van der Waals surface area contributed by atoms with Crippen LogP contribution in [0, 0.1) is 0 Å². The smallest absolute Gasteiger partial charge is 0.270 e. The third kappa shape index (κ3) is 3.39. The SMILES string of the molecule is Nc1nc(C(=O)NCC(O)c2cccc(=O)[nH]2)cs1. The molecule has 0 bridgehead atoms. The molecule has 0 saturated heterocycles. The Morgan fingerprint density at radius 2 is 2.37 bits per heavy atom. The number of rotatable bonds is 4. The third-order valence-electron chi connectivity index (χ3n) is 2.36. The van der Waals surface area contributed by atoms with Gasteiger partial charge in [-0.1, -0.05) is 6.07 Å². The topological polar surface area (TPSA) is 121 Å². The van der Waals surface area contributed by atoms with Gasteiger partial charge < -0.3 is 21.1 Å². The predicted octanol–water partition coefficient (Wildman–Crippen LogP) is -0.123. The zero-order chi connectivity index (χ0) is 13.8. The van der Waals surface area contributed by atoms with Crippen LogP contribution in [-0.4, -0.2) is 27.5 Å². The summed E-state index contributed by atoms with van der Waals surface area (Å²) in [6.07, 6.45) is -0.992. The van der Waals surface area contributed by atoms with Crippen molar-refractivity contribution >= 4 is 22.4 Å². The van der Waals surface area contributed by atoms with Gasteiger partial charge in [0.2, 0.25) is 5.56 Å². The molecular formula is C11H12N4O3S. The lowest BCUT2D eigenvalue weighted by molar-refractivity contribution is 0.0910. The van der Waals surface area contributed by atoms with E-state index in [-0.39, 0.29) is 17.8 Å². The number of nitrogens with two attached hydrogens (primary N) is 1. The highest BCUT2D eigenvalue weighted by molar-refractivity contribution is 7.13. The molecule has 1 unspecified atom stereocenters. The van der Waals surface area contributed by atoms with Crippen molar-refractivity contribution < 1.29 is 9.90 Å². The van der Waals surface area contributed by atoms with Crippen LogP contribution in [0.4, 0.5) is 5.13 Å². The van der Waals surface area contributed by atoms with Crippen molar-refractivity contribution in [3.63, 3.8) is 0 Å². The van der Waals surface area contributed by atoms with Gasteiger partial charge in [0.1, 0.15) is 11.8 Å². The number of H-pyrrole nitrogens is 1. The van der Waals surface area contributed by atoms with Crippen LogP contribution in [-0.2, 0) is 0 Å². The molecule has 1 amide bonds. The fourth-order valence-corrected chi connectivity index (χ4v) is 1.98. The van der Waals surface area contributed by atoms with Crippen molar-refractivity contribution in [1.82, 2.24) is 15.3 Å². The quantitative estimate of drug-likeness (QED) is 0.622. The number of hydrogen-bond acceptors (Lipinski definition) is 6. The highest BCUT2D eigenvalue weighted by atomic mass is 32.1. The minimum atomic E-state index is -0.992. The van der Waals surface area contributed by atoms with E-state index in [9.17, 15) is 14.7 Å². The van der Waals surface area contributed by atoms with Gasteiger partial charge in [-0.25, -0.2) is 4.98 Å². The van der Waals surface area contributed by atoms with Crippen molar-refractivity contribution in [3.8, 4) is 0 Å². The first-order chi connectivity index (χ1) is 9.06. The number of aliphatic hydroxyl groups is 1. The van der Waals surface area contributed by atoms with Gasteiger partial charge in [-0.15, -0.1) is 11.3 Å². The van der Waals surface area contributed by atoms with Crippen LogP contribution in [0.5, 0.6) is 0 Å². The number of aromatic nitrogens is 2. The molecule has 0 spiro atoms. The minimum Gasteiger partial charge on any atom is -0.385 e. The van der Waals surface area contributed by atoms with E-state index in [1.54, 1.807) is 6.07 Å². The van der Waals surface area contributed by atoms with Gasteiger partial charge in [-0.05, 0) is 6.07 Å². The first-order valence-corrected chi connectivity index (χ1v) is 6.30. The van der Waals surface area contributed by atoms with E-state index in [2.05, 4.69) is 15.3 Å². The second kappa shape index (κ2) is 5.63. The van der Waals surface area contributed by atoms with Gasteiger partial charge in [0, 0.05) is 23.7 Å². The van der Waals surface area contributed by atoms with Crippen LogP contribution in [0.1, 0.15) is 22.3 Å². The van der Waals surface area contributed by atoms with E-state index in [1.165, 1.54) is 17.5 Å². The lowest BCUT2D eigenvalue weighted by Gasteiger charge is -2.10. The Bertz CT molecular complexity index is 637. The average molecular weight is 280 g/mol. The molecule has 0 saturated carbocycles. The molecule has 100 valence electrons. The molecular weight excluding hydrogens is 268 g/mol. The van der Waals surface area contributed by atoms with Crippen LogP contribution >= 0.6 is 11.3 Å². The Kier molecular flexibility index (Phi) is 3.93. The number of pyridine rings is 1. The molecule has 2 rings (SSSR count).